The van der Waals surface area contributed by atoms with Gasteiger partial charge in [0, 0.05) is 31.7 Å². The number of hydrogen-bond acceptors (Lipinski definition) is 5. The van der Waals surface area contributed by atoms with E-state index in [1.807, 2.05) is 42.3 Å². The molecule has 0 saturated carbocycles. The van der Waals surface area contributed by atoms with Crippen molar-refractivity contribution in [1.29, 1.82) is 0 Å². The Balaban J connectivity index is 1.46. The first kappa shape index (κ1) is 22.1. The monoisotopic (exact) mass is 412 g/mol. The molecule has 1 N–H and O–H groups in total. The molecule has 0 radical (unpaired) electrons. The van der Waals surface area contributed by atoms with E-state index >= 15 is 0 Å². The van der Waals surface area contributed by atoms with Crippen molar-refractivity contribution >= 4 is 5.91 Å². The third-order valence-corrected chi connectivity index (χ3v) is 5.67. The highest BCUT2D eigenvalue weighted by Gasteiger charge is 2.34. The minimum Gasteiger partial charge on any atom is -0.493 e. The highest BCUT2D eigenvalue weighted by atomic mass is 16.5. The van der Waals surface area contributed by atoms with Crippen LogP contribution in [0, 0.1) is 0 Å². The number of benzene rings is 2. The largest absolute Gasteiger partial charge is 0.493 e. The summed E-state index contributed by atoms with van der Waals surface area (Å²) >= 11 is 0. The average molecular weight is 413 g/mol. The molecule has 1 aliphatic rings. The molecule has 1 fully saturated rings. The van der Waals surface area contributed by atoms with Crippen molar-refractivity contribution in [2.75, 3.05) is 53.6 Å². The number of carbonyl (C=O) groups excluding carboxylic acids is 1. The van der Waals surface area contributed by atoms with Crippen molar-refractivity contribution < 1.29 is 19.0 Å². The van der Waals surface area contributed by atoms with Gasteiger partial charge >= 0.3 is 0 Å². The first-order chi connectivity index (χ1) is 14.6. The van der Waals surface area contributed by atoms with E-state index < -0.39 is 0 Å². The lowest BCUT2D eigenvalue weighted by molar-refractivity contribution is -0.122. The molecule has 0 aliphatic carbocycles. The van der Waals surface area contributed by atoms with Crippen molar-refractivity contribution in [2.24, 2.45) is 0 Å². The second-order valence-corrected chi connectivity index (χ2v) is 7.77. The highest BCUT2D eigenvalue weighted by Crippen LogP contribution is 2.34. The molecule has 0 aromatic heterocycles. The maximum atomic E-state index is 12.6. The Kier molecular flexibility index (Phi) is 8.11. The Morgan fingerprint density at radius 2 is 1.73 bits per heavy atom. The Labute approximate surface area is 179 Å². The standard InChI is InChI=1S/C24H32N2O4/c1-26(14-17-30-22-11-7-6-10-21(22)28-2)18-23(27)25-19-24(12-15-29-16-13-24)20-8-4-3-5-9-20/h3-11H,12-19H2,1-2H3,(H,25,27). The molecule has 162 valence electrons. The summed E-state index contributed by atoms with van der Waals surface area (Å²) in [5, 5.41) is 3.15. The zero-order valence-corrected chi connectivity index (χ0v) is 17.9. The highest BCUT2D eigenvalue weighted by molar-refractivity contribution is 5.78. The molecule has 2 aromatic carbocycles. The van der Waals surface area contributed by atoms with Crippen molar-refractivity contribution in [1.82, 2.24) is 10.2 Å². The van der Waals surface area contributed by atoms with Gasteiger partial charge in [-0.3, -0.25) is 9.69 Å². The van der Waals surface area contributed by atoms with Gasteiger partial charge in [0.1, 0.15) is 6.61 Å². The first-order valence-corrected chi connectivity index (χ1v) is 10.5. The predicted octanol–water partition coefficient (Wildman–Crippen LogP) is 2.87. The van der Waals surface area contributed by atoms with Gasteiger partial charge in [0.05, 0.1) is 13.7 Å². The number of nitrogens with one attached hydrogen (secondary N) is 1. The lowest BCUT2D eigenvalue weighted by atomic mass is 9.74. The third kappa shape index (κ3) is 5.97. The molecule has 6 nitrogen and oxygen atoms in total. The molecule has 1 aliphatic heterocycles. The quantitative estimate of drug-likeness (QED) is 0.650. The second kappa shape index (κ2) is 11.0. The molecule has 1 saturated heterocycles. The Morgan fingerprint density at radius 1 is 1.07 bits per heavy atom. The van der Waals surface area contributed by atoms with Crippen LogP contribution in [0.1, 0.15) is 18.4 Å². The fourth-order valence-electron chi connectivity index (χ4n) is 3.82. The fourth-order valence-corrected chi connectivity index (χ4v) is 3.82. The van der Waals surface area contributed by atoms with Crippen LogP contribution in [-0.4, -0.2) is 64.4 Å². The van der Waals surface area contributed by atoms with Crippen LogP contribution >= 0.6 is 0 Å². The van der Waals surface area contributed by atoms with Gasteiger partial charge in [-0.05, 0) is 37.6 Å². The molecule has 2 aromatic rings. The molecule has 1 amide bonds. The van der Waals surface area contributed by atoms with Crippen molar-refractivity contribution in [3.63, 3.8) is 0 Å². The number of rotatable bonds is 10. The number of hydrogen-bond donors (Lipinski definition) is 1. The minimum absolute atomic E-state index is 0.0246. The van der Waals surface area contributed by atoms with E-state index in [4.69, 9.17) is 14.2 Å². The molecule has 0 atom stereocenters. The van der Waals surface area contributed by atoms with Crippen LogP contribution < -0.4 is 14.8 Å². The van der Waals surface area contributed by atoms with Gasteiger partial charge in [0.25, 0.3) is 0 Å². The Bertz CT molecular complexity index is 791. The van der Waals surface area contributed by atoms with Crippen LogP contribution in [0.3, 0.4) is 0 Å². The third-order valence-electron chi connectivity index (χ3n) is 5.67. The van der Waals surface area contributed by atoms with E-state index in [0.29, 0.717) is 37.7 Å². The number of para-hydroxylation sites is 2. The minimum atomic E-state index is -0.0548. The van der Waals surface area contributed by atoms with Gasteiger partial charge in [-0.15, -0.1) is 0 Å². The molecular formula is C24H32N2O4. The molecule has 1 heterocycles. The summed E-state index contributed by atoms with van der Waals surface area (Å²) in [6.45, 7) is 3.54. The van der Waals surface area contributed by atoms with E-state index in [1.165, 1.54) is 5.56 Å². The maximum absolute atomic E-state index is 12.6. The zero-order chi connectivity index (χ0) is 21.2. The molecule has 0 spiro atoms. The van der Waals surface area contributed by atoms with E-state index in [1.54, 1.807) is 7.11 Å². The van der Waals surface area contributed by atoms with Crippen molar-refractivity contribution in [3.8, 4) is 11.5 Å². The molecule has 0 unspecified atom stereocenters. The average Bonchev–Trinajstić information content (AvgIpc) is 2.79. The summed E-state index contributed by atoms with van der Waals surface area (Å²) in [6.07, 6.45) is 1.83. The van der Waals surface area contributed by atoms with Gasteiger partial charge in [-0.2, -0.15) is 0 Å². The van der Waals surface area contributed by atoms with E-state index in [0.717, 1.165) is 26.1 Å². The van der Waals surface area contributed by atoms with Gasteiger partial charge in [0.2, 0.25) is 5.91 Å². The lowest BCUT2D eigenvalue weighted by Crippen LogP contribution is -2.47. The Hall–Kier alpha value is -2.57. The molecule has 3 rings (SSSR count). The number of methoxy groups -OCH3 is 1. The SMILES string of the molecule is COc1ccccc1OCCN(C)CC(=O)NCC1(c2ccccc2)CCOCC1. The summed E-state index contributed by atoms with van der Waals surface area (Å²) in [4.78, 5) is 14.5. The first-order valence-electron chi connectivity index (χ1n) is 10.5. The van der Waals surface area contributed by atoms with Gasteiger partial charge in [-0.1, -0.05) is 42.5 Å². The van der Waals surface area contributed by atoms with Gasteiger partial charge in [-0.25, -0.2) is 0 Å². The number of nitrogens with zero attached hydrogens (tertiary/aromatic N) is 1. The molecular weight excluding hydrogens is 380 g/mol. The van der Waals surface area contributed by atoms with Crippen LogP contribution in [0.5, 0.6) is 11.5 Å². The van der Waals surface area contributed by atoms with Crippen LogP contribution in [0.15, 0.2) is 54.6 Å². The summed E-state index contributed by atoms with van der Waals surface area (Å²) in [5.41, 5.74) is 1.22. The smallest absolute Gasteiger partial charge is 0.234 e. The summed E-state index contributed by atoms with van der Waals surface area (Å²) in [7, 11) is 3.55. The van der Waals surface area contributed by atoms with Crippen LogP contribution in [0.2, 0.25) is 0 Å². The van der Waals surface area contributed by atoms with Crippen LogP contribution in [-0.2, 0) is 14.9 Å². The summed E-state index contributed by atoms with van der Waals surface area (Å²) < 4.78 is 16.7. The molecule has 6 heteroatoms. The summed E-state index contributed by atoms with van der Waals surface area (Å²) in [6, 6.07) is 18.0. The molecule has 30 heavy (non-hydrogen) atoms. The van der Waals surface area contributed by atoms with E-state index in [-0.39, 0.29) is 11.3 Å². The maximum Gasteiger partial charge on any atom is 0.234 e. The Morgan fingerprint density at radius 3 is 2.43 bits per heavy atom. The van der Waals surface area contributed by atoms with E-state index in [9.17, 15) is 4.79 Å². The topological polar surface area (TPSA) is 60.0 Å². The summed E-state index contributed by atoms with van der Waals surface area (Å²) in [5.74, 6) is 1.44. The van der Waals surface area contributed by atoms with Gasteiger partial charge < -0.3 is 19.5 Å². The normalized spacial score (nSPS) is 15.6. The number of amides is 1. The van der Waals surface area contributed by atoms with Crippen molar-refractivity contribution in [2.45, 2.75) is 18.3 Å². The van der Waals surface area contributed by atoms with Crippen molar-refractivity contribution in [3.05, 3.63) is 60.2 Å². The van der Waals surface area contributed by atoms with Crippen LogP contribution in [0.4, 0.5) is 0 Å². The van der Waals surface area contributed by atoms with Gasteiger partial charge in [0.15, 0.2) is 11.5 Å². The fraction of sp³-hybridized carbons (Fsp3) is 0.458. The second-order valence-electron chi connectivity index (χ2n) is 7.77. The number of ether oxygens (including phenoxy) is 3. The zero-order valence-electron chi connectivity index (χ0n) is 17.9. The van der Waals surface area contributed by atoms with Crippen LogP contribution in [0.25, 0.3) is 0 Å². The number of likely N-dealkylation sites (N-methyl/N-ethyl adjacent to an activating group) is 1. The predicted molar refractivity (Wildman–Crippen MR) is 117 cm³/mol. The van der Waals surface area contributed by atoms with E-state index in [2.05, 4.69) is 29.6 Å². The lowest BCUT2D eigenvalue weighted by Gasteiger charge is -2.38. The molecule has 0 bridgehead atoms. The number of carbonyl (C=O) groups is 1.